The van der Waals surface area contributed by atoms with Gasteiger partial charge in [-0.3, -0.25) is 0 Å². The normalized spacial score (nSPS) is 11.0. The summed E-state index contributed by atoms with van der Waals surface area (Å²) in [6.07, 6.45) is 2.86. The van der Waals surface area contributed by atoms with Crippen LogP contribution in [-0.2, 0) is 4.57 Å². The lowest BCUT2D eigenvalue weighted by Crippen LogP contribution is -1.93. The fourth-order valence-electron chi connectivity index (χ4n) is 0.371. The van der Waals surface area contributed by atoms with Crippen molar-refractivity contribution in [1.82, 2.24) is 9.97 Å². The van der Waals surface area contributed by atoms with Gasteiger partial charge >= 0.3 is 14.3 Å². The highest BCUT2D eigenvalue weighted by molar-refractivity contribution is 7.30. The fourth-order valence-corrected chi connectivity index (χ4v) is 0.612. The molecule has 5 nitrogen and oxygen atoms in total. The number of nitrogens with zero attached hydrogens (tertiary/aromatic N) is 1. The highest BCUT2D eigenvalue weighted by atomic mass is 31.1. The van der Waals surface area contributed by atoms with E-state index in [-0.39, 0.29) is 6.01 Å². The van der Waals surface area contributed by atoms with Gasteiger partial charge in [0.1, 0.15) is 0 Å². The van der Waals surface area contributed by atoms with Gasteiger partial charge in [0, 0.05) is 12.4 Å². The molecule has 1 rings (SSSR count). The Labute approximate surface area is 51.6 Å². The van der Waals surface area contributed by atoms with Gasteiger partial charge in [0.05, 0.1) is 0 Å². The van der Waals surface area contributed by atoms with E-state index in [2.05, 4.69) is 14.5 Å². The molecule has 0 bridgehead atoms. The molecule has 0 saturated carbocycles. The van der Waals surface area contributed by atoms with E-state index in [1.807, 2.05) is 0 Å². The zero-order valence-electron chi connectivity index (χ0n) is 4.27. The van der Waals surface area contributed by atoms with Crippen LogP contribution in [-0.4, -0.2) is 9.97 Å². The van der Waals surface area contributed by atoms with E-state index in [4.69, 9.17) is 0 Å². The van der Waals surface area contributed by atoms with E-state index >= 15 is 0 Å². The van der Waals surface area contributed by atoms with Crippen molar-refractivity contribution in [3.63, 3.8) is 0 Å². The fraction of sp³-hybridized carbons (Fsp3) is 0. The second kappa shape index (κ2) is 2.57. The van der Waals surface area contributed by atoms with Gasteiger partial charge in [-0.2, -0.15) is 4.98 Å². The summed E-state index contributed by atoms with van der Waals surface area (Å²) in [4.78, 5) is 15.8. The maximum atomic E-state index is 9.82. The Morgan fingerprint density at radius 3 is 3.11 bits per heavy atom. The summed E-state index contributed by atoms with van der Waals surface area (Å²) in [6.45, 7) is 0. The van der Waals surface area contributed by atoms with Gasteiger partial charge in [-0.15, -0.1) is 0 Å². The topological polar surface area (TPSA) is 78.0 Å². The average molecular weight is 146 g/mol. The zero-order valence-corrected chi connectivity index (χ0v) is 5.17. The molecule has 9 heavy (non-hydrogen) atoms. The number of nitrogens with one attached hydrogen (secondary N) is 1. The predicted molar refractivity (Wildman–Crippen MR) is 26.8 cm³/mol. The summed E-state index contributed by atoms with van der Waals surface area (Å²) in [5.74, 6) is 0. The molecule has 0 saturated heterocycles. The van der Waals surface area contributed by atoms with Crippen LogP contribution >= 0.6 is 8.25 Å². The third kappa shape index (κ3) is 1.79. The maximum absolute atomic E-state index is 9.82. The quantitative estimate of drug-likeness (QED) is 0.586. The third-order valence-corrected chi connectivity index (χ3v) is 0.956. The van der Waals surface area contributed by atoms with Crippen molar-refractivity contribution < 1.29 is 14.0 Å². The highest BCUT2D eigenvalue weighted by Gasteiger charge is 2.04. The van der Waals surface area contributed by atoms with Crippen LogP contribution in [0.1, 0.15) is 0 Å². The monoisotopic (exact) mass is 146 g/mol. The number of rotatable bonds is 2. The second-order valence-electron chi connectivity index (χ2n) is 1.21. The van der Waals surface area contributed by atoms with Gasteiger partial charge in [-0.1, -0.05) is 0 Å². The molecule has 0 amide bonds. The minimum atomic E-state index is -2.84. The number of aromatic amines is 1. The first-order valence-electron chi connectivity index (χ1n) is 2.11. The standard InChI is InChI=1S/C3H3N2O3P/c6-9(7)8-3-4-1-2-5-3/h1-2H,(H,4,5). The van der Waals surface area contributed by atoms with Gasteiger partial charge in [-0.05, 0) is 4.57 Å². The number of H-pyrrole nitrogens is 1. The van der Waals surface area contributed by atoms with E-state index in [1.54, 1.807) is 0 Å². The second-order valence-corrected chi connectivity index (χ2v) is 1.84. The lowest BCUT2D eigenvalue weighted by atomic mass is 11.0. The zero-order chi connectivity index (χ0) is 6.69. The van der Waals surface area contributed by atoms with E-state index in [1.165, 1.54) is 12.4 Å². The maximum Gasteiger partial charge on any atom is 0.542 e. The third-order valence-electron chi connectivity index (χ3n) is 0.634. The number of aromatic nitrogens is 2. The molecule has 0 aliphatic rings. The lowest BCUT2D eigenvalue weighted by Gasteiger charge is -1.83. The highest BCUT2D eigenvalue weighted by Crippen LogP contribution is 2.12. The smallest absolute Gasteiger partial charge is 0.542 e. The molecule has 0 aliphatic carbocycles. The first-order chi connectivity index (χ1) is 4.29. The molecule has 1 aromatic rings. The molecule has 1 unspecified atom stereocenters. The van der Waals surface area contributed by atoms with Gasteiger partial charge in [0.25, 0.3) is 0 Å². The van der Waals surface area contributed by atoms with Crippen molar-refractivity contribution in [3.8, 4) is 6.01 Å². The molecular weight excluding hydrogens is 143 g/mol. The Balaban J connectivity index is 2.58. The largest absolute Gasteiger partial charge is 0.558 e. The minimum absolute atomic E-state index is 0.00823. The van der Waals surface area contributed by atoms with Crippen LogP contribution in [0.3, 0.4) is 0 Å². The number of hydrogen-bond donors (Lipinski definition) is 1. The summed E-state index contributed by atoms with van der Waals surface area (Å²) in [5.41, 5.74) is 0. The van der Waals surface area contributed by atoms with Gasteiger partial charge in [0.2, 0.25) is 0 Å². The number of imidazole rings is 1. The molecule has 6 heteroatoms. The van der Waals surface area contributed by atoms with Crippen LogP contribution in [0.2, 0.25) is 0 Å². The molecule has 1 heterocycles. The van der Waals surface area contributed by atoms with Gasteiger partial charge in [-0.25, -0.2) is 4.52 Å². The molecule has 0 aliphatic heterocycles. The van der Waals surface area contributed by atoms with Crippen molar-refractivity contribution in [2.45, 2.75) is 0 Å². The average Bonchev–Trinajstić information content (AvgIpc) is 2.15. The summed E-state index contributed by atoms with van der Waals surface area (Å²) in [6, 6.07) is -0.00823. The molecule has 0 radical (unpaired) electrons. The molecule has 48 valence electrons. The molecule has 0 spiro atoms. The van der Waals surface area contributed by atoms with Crippen molar-refractivity contribution >= 4 is 8.25 Å². The van der Waals surface area contributed by atoms with Crippen molar-refractivity contribution in [3.05, 3.63) is 12.4 Å². The Hall–Kier alpha value is -0.930. The first kappa shape index (κ1) is 6.19. The van der Waals surface area contributed by atoms with Crippen molar-refractivity contribution in [2.24, 2.45) is 0 Å². The summed E-state index contributed by atoms with van der Waals surface area (Å²) in [7, 11) is -2.84. The van der Waals surface area contributed by atoms with Crippen molar-refractivity contribution in [2.75, 3.05) is 0 Å². The lowest BCUT2D eigenvalue weighted by molar-refractivity contribution is -0.178. The molecule has 1 aromatic heterocycles. The molecular formula is C3H3N2O3P. The summed E-state index contributed by atoms with van der Waals surface area (Å²) < 4.78 is 14.0. The predicted octanol–water partition coefficient (Wildman–Crippen LogP) is -0.194. The number of hydrogen-bond acceptors (Lipinski definition) is 4. The Morgan fingerprint density at radius 2 is 2.67 bits per heavy atom. The van der Waals surface area contributed by atoms with E-state index in [0.29, 0.717) is 0 Å². The first-order valence-corrected chi connectivity index (χ1v) is 3.20. The SMILES string of the molecule is O=[P+]([O-])Oc1ncc[nH]1. The van der Waals surface area contributed by atoms with Crippen LogP contribution in [0.25, 0.3) is 0 Å². The van der Waals surface area contributed by atoms with Crippen LogP contribution < -0.4 is 9.42 Å². The summed E-state index contributed by atoms with van der Waals surface area (Å²) in [5, 5.41) is 0. The van der Waals surface area contributed by atoms with E-state index in [0.717, 1.165) is 0 Å². The van der Waals surface area contributed by atoms with Crippen LogP contribution in [0.5, 0.6) is 6.01 Å². The van der Waals surface area contributed by atoms with Gasteiger partial charge in [0.15, 0.2) is 0 Å². The Kier molecular flexibility index (Phi) is 1.77. The molecule has 0 fully saturated rings. The van der Waals surface area contributed by atoms with Crippen molar-refractivity contribution in [1.29, 1.82) is 0 Å². The molecule has 0 aromatic carbocycles. The Bertz CT molecular complexity index is 197. The van der Waals surface area contributed by atoms with E-state index in [9.17, 15) is 9.46 Å². The van der Waals surface area contributed by atoms with E-state index < -0.39 is 8.25 Å². The molecule has 1 atom stereocenters. The van der Waals surface area contributed by atoms with Gasteiger partial charge < -0.3 is 9.88 Å². The van der Waals surface area contributed by atoms with Crippen LogP contribution in [0.15, 0.2) is 12.4 Å². The van der Waals surface area contributed by atoms with Crippen LogP contribution in [0.4, 0.5) is 0 Å². The summed E-state index contributed by atoms with van der Waals surface area (Å²) >= 11 is 0. The van der Waals surface area contributed by atoms with Crippen LogP contribution in [0, 0.1) is 0 Å². The Morgan fingerprint density at radius 1 is 1.89 bits per heavy atom. The minimum Gasteiger partial charge on any atom is -0.558 e. The molecule has 1 N–H and O–H groups in total.